The van der Waals surface area contributed by atoms with E-state index < -0.39 is 0 Å². The molecule has 1 fully saturated rings. The molecule has 1 saturated carbocycles. The highest BCUT2D eigenvalue weighted by Gasteiger charge is 2.26. The molecule has 0 aliphatic heterocycles. The van der Waals surface area contributed by atoms with Crippen LogP contribution in [0.25, 0.3) is 0 Å². The molecule has 1 aliphatic carbocycles. The Labute approximate surface area is 99.2 Å². The highest BCUT2D eigenvalue weighted by atomic mass is 16.2. The maximum atomic E-state index is 11.9. The Bertz CT molecular complexity index is 224. The van der Waals surface area contributed by atoms with Crippen LogP contribution in [0, 0.1) is 11.8 Å². The second-order valence-corrected chi connectivity index (χ2v) is 5.25. The average molecular weight is 226 g/mol. The average Bonchev–Trinajstić information content (AvgIpc) is 2.80. The van der Waals surface area contributed by atoms with Gasteiger partial charge in [0.05, 0.1) is 6.04 Å². The van der Waals surface area contributed by atoms with Crippen molar-refractivity contribution in [2.75, 3.05) is 0 Å². The van der Waals surface area contributed by atoms with Crippen molar-refractivity contribution in [3.63, 3.8) is 0 Å². The van der Waals surface area contributed by atoms with Crippen molar-refractivity contribution in [2.24, 2.45) is 17.6 Å². The van der Waals surface area contributed by atoms with Crippen LogP contribution in [0.2, 0.25) is 0 Å². The Kier molecular flexibility index (Phi) is 5.26. The van der Waals surface area contributed by atoms with Crippen molar-refractivity contribution >= 4 is 5.91 Å². The molecule has 0 heterocycles. The molecule has 0 unspecified atom stereocenters. The van der Waals surface area contributed by atoms with Gasteiger partial charge in [0.25, 0.3) is 0 Å². The zero-order valence-electron chi connectivity index (χ0n) is 10.8. The van der Waals surface area contributed by atoms with Gasteiger partial charge in [0.1, 0.15) is 0 Å². The number of amides is 1. The summed E-state index contributed by atoms with van der Waals surface area (Å²) in [5, 5.41) is 3.07. The number of nitrogens with two attached hydrogens (primary N) is 1. The monoisotopic (exact) mass is 226 g/mol. The highest BCUT2D eigenvalue weighted by Crippen LogP contribution is 2.27. The predicted molar refractivity (Wildman–Crippen MR) is 67.0 cm³/mol. The fourth-order valence-corrected chi connectivity index (χ4v) is 2.41. The number of hydrogen-bond acceptors (Lipinski definition) is 2. The van der Waals surface area contributed by atoms with Gasteiger partial charge in [-0.15, -0.1) is 0 Å². The van der Waals surface area contributed by atoms with Crippen LogP contribution in [0.1, 0.15) is 52.9 Å². The third-order valence-corrected chi connectivity index (χ3v) is 4.04. The lowest BCUT2D eigenvalue weighted by atomic mass is 9.96. The maximum Gasteiger partial charge on any atom is 0.237 e. The molecule has 0 bridgehead atoms. The van der Waals surface area contributed by atoms with Crippen LogP contribution in [0.4, 0.5) is 0 Å². The molecule has 3 atom stereocenters. The molecular formula is C13H26N2O. The van der Waals surface area contributed by atoms with Gasteiger partial charge in [-0.3, -0.25) is 4.79 Å². The van der Waals surface area contributed by atoms with Gasteiger partial charge in [-0.05, 0) is 31.6 Å². The van der Waals surface area contributed by atoms with E-state index in [1.807, 2.05) is 6.92 Å². The summed E-state index contributed by atoms with van der Waals surface area (Å²) in [5.41, 5.74) is 5.91. The molecule has 3 heteroatoms. The van der Waals surface area contributed by atoms with E-state index in [0.29, 0.717) is 5.92 Å². The Morgan fingerprint density at radius 3 is 2.44 bits per heavy atom. The van der Waals surface area contributed by atoms with Crippen LogP contribution in [-0.2, 0) is 4.79 Å². The fraction of sp³-hybridized carbons (Fsp3) is 0.923. The maximum absolute atomic E-state index is 11.9. The highest BCUT2D eigenvalue weighted by molar-refractivity contribution is 5.82. The molecular weight excluding hydrogens is 200 g/mol. The SMILES string of the molecule is CC[C@H](C)[C@H](N)C(=O)N[C@@H](C)C1CCCC1. The van der Waals surface area contributed by atoms with E-state index >= 15 is 0 Å². The topological polar surface area (TPSA) is 55.1 Å². The van der Waals surface area contributed by atoms with E-state index in [9.17, 15) is 4.79 Å². The van der Waals surface area contributed by atoms with Crippen molar-refractivity contribution < 1.29 is 4.79 Å². The lowest BCUT2D eigenvalue weighted by Crippen LogP contribution is -2.49. The molecule has 0 spiro atoms. The molecule has 16 heavy (non-hydrogen) atoms. The van der Waals surface area contributed by atoms with E-state index in [1.54, 1.807) is 0 Å². The molecule has 0 aromatic carbocycles. The molecule has 0 radical (unpaired) electrons. The Hall–Kier alpha value is -0.570. The van der Waals surface area contributed by atoms with Crippen LogP contribution in [0.3, 0.4) is 0 Å². The minimum absolute atomic E-state index is 0.0220. The molecule has 0 saturated heterocycles. The predicted octanol–water partition coefficient (Wildman–Crippen LogP) is 2.05. The van der Waals surface area contributed by atoms with E-state index in [1.165, 1.54) is 25.7 Å². The summed E-state index contributed by atoms with van der Waals surface area (Å²) in [6.45, 7) is 6.21. The molecule has 3 nitrogen and oxygen atoms in total. The summed E-state index contributed by atoms with van der Waals surface area (Å²) < 4.78 is 0. The smallest absolute Gasteiger partial charge is 0.237 e. The summed E-state index contributed by atoms with van der Waals surface area (Å²) in [6, 6.07) is -0.0704. The van der Waals surface area contributed by atoms with Crippen LogP contribution < -0.4 is 11.1 Å². The second-order valence-electron chi connectivity index (χ2n) is 5.25. The van der Waals surface area contributed by atoms with Gasteiger partial charge < -0.3 is 11.1 Å². The molecule has 0 aromatic rings. The van der Waals surface area contributed by atoms with Gasteiger partial charge in [0, 0.05) is 6.04 Å². The van der Waals surface area contributed by atoms with Gasteiger partial charge in [0.15, 0.2) is 0 Å². The Balaban J connectivity index is 2.37. The van der Waals surface area contributed by atoms with Crippen LogP contribution in [0.15, 0.2) is 0 Å². The summed E-state index contributed by atoms with van der Waals surface area (Å²) >= 11 is 0. The van der Waals surface area contributed by atoms with E-state index in [-0.39, 0.29) is 23.9 Å². The zero-order valence-corrected chi connectivity index (χ0v) is 10.8. The first-order valence-electron chi connectivity index (χ1n) is 6.62. The molecule has 1 aliphatic rings. The first-order chi connectivity index (χ1) is 7.56. The number of carbonyl (C=O) groups excluding carboxylic acids is 1. The molecule has 1 rings (SSSR count). The largest absolute Gasteiger partial charge is 0.352 e. The minimum atomic E-state index is -0.353. The molecule has 0 aromatic heterocycles. The van der Waals surface area contributed by atoms with Gasteiger partial charge in [-0.1, -0.05) is 33.1 Å². The van der Waals surface area contributed by atoms with E-state index in [2.05, 4.69) is 19.2 Å². The number of nitrogens with one attached hydrogen (secondary N) is 1. The normalized spacial score (nSPS) is 22.8. The Morgan fingerprint density at radius 2 is 1.94 bits per heavy atom. The number of hydrogen-bond donors (Lipinski definition) is 2. The zero-order chi connectivity index (χ0) is 12.1. The summed E-state index contributed by atoms with van der Waals surface area (Å²) in [4.78, 5) is 11.9. The Morgan fingerprint density at radius 1 is 1.38 bits per heavy atom. The number of carbonyl (C=O) groups is 1. The summed E-state index contributed by atoms with van der Waals surface area (Å²) in [6.07, 6.45) is 6.07. The molecule has 1 amide bonds. The van der Waals surface area contributed by atoms with E-state index in [0.717, 1.165) is 6.42 Å². The second kappa shape index (κ2) is 6.24. The molecule has 94 valence electrons. The van der Waals surface area contributed by atoms with Gasteiger partial charge in [-0.25, -0.2) is 0 Å². The number of rotatable bonds is 5. The van der Waals surface area contributed by atoms with Gasteiger partial charge >= 0.3 is 0 Å². The lowest BCUT2D eigenvalue weighted by molar-refractivity contribution is -0.124. The van der Waals surface area contributed by atoms with E-state index in [4.69, 9.17) is 5.73 Å². The van der Waals surface area contributed by atoms with Gasteiger partial charge in [0.2, 0.25) is 5.91 Å². The fourth-order valence-electron chi connectivity index (χ4n) is 2.41. The minimum Gasteiger partial charge on any atom is -0.352 e. The lowest BCUT2D eigenvalue weighted by Gasteiger charge is -2.24. The first-order valence-corrected chi connectivity index (χ1v) is 6.62. The van der Waals surface area contributed by atoms with Crippen LogP contribution in [0.5, 0.6) is 0 Å². The third kappa shape index (κ3) is 3.48. The van der Waals surface area contributed by atoms with Crippen molar-refractivity contribution in [3.8, 4) is 0 Å². The van der Waals surface area contributed by atoms with Crippen molar-refractivity contribution in [3.05, 3.63) is 0 Å². The first kappa shape index (κ1) is 13.5. The van der Waals surface area contributed by atoms with Crippen molar-refractivity contribution in [1.29, 1.82) is 0 Å². The molecule has 3 N–H and O–H groups in total. The van der Waals surface area contributed by atoms with Crippen molar-refractivity contribution in [2.45, 2.75) is 65.0 Å². The van der Waals surface area contributed by atoms with Crippen molar-refractivity contribution in [1.82, 2.24) is 5.32 Å². The third-order valence-electron chi connectivity index (χ3n) is 4.04. The summed E-state index contributed by atoms with van der Waals surface area (Å²) in [5.74, 6) is 0.942. The quantitative estimate of drug-likeness (QED) is 0.754. The standard InChI is InChI=1S/C13H26N2O/c1-4-9(2)12(14)13(16)15-10(3)11-7-5-6-8-11/h9-12H,4-8,14H2,1-3H3,(H,15,16)/t9-,10-,12-/m0/s1. The van der Waals surface area contributed by atoms with Crippen LogP contribution >= 0.6 is 0 Å². The van der Waals surface area contributed by atoms with Gasteiger partial charge in [-0.2, -0.15) is 0 Å². The summed E-state index contributed by atoms with van der Waals surface area (Å²) in [7, 11) is 0. The van der Waals surface area contributed by atoms with Crippen LogP contribution in [-0.4, -0.2) is 18.0 Å².